The van der Waals surface area contributed by atoms with Crippen LogP contribution in [-0.2, 0) is 6.42 Å². The average Bonchev–Trinajstić information content (AvgIpc) is 2.74. The average molecular weight is 296 g/mol. The van der Waals surface area contributed by atoms with Gasteiger partial charge in [-0.1, -0.05) is 22.9 Å². The zero-order valence-electron chi connectivity index (χ0n) is 9.75. The third kappa shape index (κ3) is 2.15. The van der Waals surface area contributed by atoms with Crippen molar-refractivity contribution in [2.45, 2.75) is 13.3 Å². The summed E-state index contributed by atoms with van der Waals surface area (Å²) in [6.45, 7) is 2.09. The molecule has 0 saturated heterocycles. The fourth-order valence-electron chi connectivity index (χ4n) is 1.86. The predicted molar refractivity (Wildman–Crippen MR) is 72.1 cm³/mol. The second-order valence-corrected chi connectivity index (χ2v) is 4.61. The van der Waals surface area contributed by atoms with E-state index in [1.165, 1.54) is 0 Å². The van der Waals surface area contributed by atoms with Gasteiger partial charge in [0.1, 0.15) is 11.6 Å². The minimum Gasteiger partial charge on any atom is -0.496 e. The molecule has 0 aliphatic carbocycles. The molecular weight excluding hydrogens is 282 g/mol. The Balaban J connectivity index is 2.68. The summed E-state index contributed by atoms with van der Waals surface area (Å²) < 4.78 is 6.49. The Hall–Kier alpha value is -1.49. The van der Waals surface area contributed by atoms with Crippen molar-refractivity contribution in [1.82, 2.24) is 10.2 Å². The van der Waals surface area contributed by atoms with Gasteiger partial charge in [-0.25, -0.2) is 0 Å². The number of aromatic amines is 1. The summed E-state index contributed by atoms with van der Waals surface area (Å²) in [6, 6.07) is 4.04. The van der Waals surface area contributed by atoms with Gasteiger partial charge in [-0.3, -0.25) is 5.10 Å². The number of nitrogens with one attached hydrogen (secondary N) is 1. The lowest BCUT2D eigenvalue weighted by molar-refractivity contribution is 0.412. The second kappa shape index (κ2) is 4.79. The minimum atomic E-state index is 0.545. The van der Waals surface area contributed by atoms with Crippen LogP contribution in [0.2, 0.25) is 0 Å². The van der Waals surface area contributed by atoms with Crippen molar-refractivity contribution in [3.63, 3.8) is 0 Å². The van der Waals surface area contributed by atoms with E-state index in [2.05, 4.69) is 39.1 Å². The number of rotatable bonds is 3. The van der Waals surface area contributed by atoms with E-state index in [-0.39, 0.29) is 0 Å². The molecule has 2 rings (SSSR count). The van der Waals surface area contributed by atoms with Crippen molar-refractivity contribution in [2.24, 2.45) is 0 Å². The van der Waals surface area contributed by atoms with Crippen LogP contribution in [0.3, 0.4) is 0 Å². The van der Waals surface area contributed by atoms with Crippen molar-refractivity contribution in [3.8, 4) is 16.9 Å². The van der Waals surface area contributed by atoms with Crippen molar-refractivity contribution in [3.05, 3.63) is 28.4 Å². The van der Waals surface area contributed by atoms with E-state index < -0.39 is 0 Å². The Morgan fingerprint density at radius 3 is 2.71 bits per heavy atom. The summed E-state index contributed by atoms with van der Waals surface area (Å²) in [5.41, 5.74) is 8.79. The van der Waals surface area contributed by atoms with Crippen LogP contribution in [0.5, 0.6) is 5.75 Å². The number of nitrogens with two attached hydrogens (primary N) is 1. The highest BCUT2D eigenvalue weighted by atomic mass is 79.9. The number of halogens is 1. The number of anilines is 1. The Morgan fingerprint density at radius 1 is 1.41 bits per heavy atom. The molecule has 0 aliphatic heterocycles. The molecule has 0 amide bonds. The van der Waals surface area contributed by atoms with Crippen LogP contribution in [0.4, 0.5) is 5.82 Å². The summed E-state index contributed by atoms with van der Waals surface area (Å²) in [5.74, 6) is 1.40. The number of ether oxygens (including phenoxy) is 1. The summed E-state index contributed by atoms with van der Waals surface area (Å²) in [4.78, 5) is 0. The van der Waals surface area contributed by atoms with E-state index in [4.69, 9.17) is 10.5 Å². The molecule has 0 bridgehead atoms. The van der Waals surface area contributed by atoms with Crippen molar-refractivity contribution >= 4 is 21.7 Å². The van der Waals surface area contributed by atoms with Gasteiger partial charge in [-0.2, -0.15) is 5.10 Å². The van der Waals surface area contributed by atoms with Gasteiger partial charge in [0.05, 0.1) is 13.3 Å². The first kappa shape index (κ1) is 12.0. The molecule has 5 heteroatoms. The molecule has 0 saturated carbocycles. The number of nitrogens with zero attached hydrogens (tertiary/aromatic N) is 1. The standard InChI is InChI=1S/C12H14BrN3O/c1-3-7-4-8(13)5-9(11(7)17-2)10-6-15-16-12(10)14/h4-6H,3H2,1-2H3,(H3,14,15,16). The minimum absolute atomic E-state index is 0.545. The van der Waals surface area contributed by atoms with Gasteiger partial charge in [0.15, 0.2) is 0 Å². The number of aryl methyl sites for hydroxylation is 1. The molecular formula is C12H14BrN3O. The van der Waals surface area contributed by atoms with Gasteiger partial charge in [-0.15, -0.1) is 0 Å². The summed E-state index contributed by atoms with van der Waals surface area (Å²) >= 11 is 3.50. The zero-order chi connectivity index (χ0) is 12.4. The van der Waals surface area contributed by atoms with Gasteiger partial charge < -0.3 is 10.5 Å². The van der Waals surface area contributed by atoms with Crippen LogP contribution in [0.1, 0.15) is 12.5 Å². The maximum atomic E-state index is 5.85. The Labute approximate surface area is 108 Å². The van der Waals surface area contributed by atoms with Crippen LogP contribution < -0.4 is 10.5 Å². The van der Waals surface area contributed by atoms with Crippen LogP contribution in [0, 0.1) is 0 Å². The van der Waals surface area contributed by atoms with Gasteiger partial charge in [0.2, 0.25) is 0 Å². The van der Waals surface area contributed by atoms with E-state index in [0.29, 0.717) is 5.82 Å². The van der Waals surface area contributed by atoms with E-state index in [0.717, 1.165) is 33.3 Å². The van der Waals surface area contributed by atoms with Crippen molar-refractivity contribution < 1.29 is 4.74 Å². The summed E-state index contributed by atoms with van der Waals surface area (Å²) in [6.07, 6.45) is 2.60. The van der Waals surface area contributed by atoms with Gasteiger partial charge in [-0.05, 0) is 24.1 Å². The Morgan fingerprint density at radius 2 is 2.18 bits per heavy atom. The molecule has 90 valence electrons. The SMILES string of the molecule is CCc1cc(Br)cc(-c2cn[nH]c2N)c1OC. The largest absolute Gasteiger partial charge is 0.496 e. The lowest BCUT2D eigenvalue weighted by Crippen LogP contribution is -1.96. The number of H-pyrrole nitrogens is 1. The molecule has 2 aromatic rings. The molecule has 0 spiro atoms. The topological polar surface area (TPSA) is 63.9 Å². The first-order valence-corrected chi connectivity index (χ1v) is 6.12. The number of benzene rings is 1. The molecule has 3 N–H and O–H groups in total. The first-order valence-electron chi connectivity index (χ1n) is 5.33. The lowest BCUT2D eigenvalue weighted by atomic mass is 10.0. The normalized spacial score (nSPS) is 10.5. The molecule has 17 heavy (non-hydrogen) atoms. The second-order valence-electron chi connectivity index (χ2n) is 3.70. The number of aromatic nitrogens is 2. The number of nitrogen functional groups attached to an aromatic ring is 1. The smallest absolute Gasteiger partial charge is 0.130 e. The third-order valence-electron chi connectivity index (χ3n) is 2.67. The van der Waals surface area contributed by atoms with E-state index >= 15 is 0 Å². The van der Waals surface area contributed by atoms with Crippen molar-refractivity contribution in [1.29, 1.82) is 0 Å². The fraction of sp³-hybridized carbons (Fsp3) is 0.250. The first-order chi connectivity index (χ1) is 8.17. The highest BCUT2D eigenvalue weighted by Crippen LogP contribution is 2.38. The molecule has 0 atom stereocenters. The maximum absolute atomic E-state index is 5.85. The zero-order valence-corrected chi connectivity index (χ0v) is 11.3. The van der Waals surface area contributed by atoms with Crippen LogP contribution in [0.15, 0.2) is 22.8 Å². The molecule has 0 aliphatic rings. The fourth-order valence-corrected chi connectivity index (χ4v) is 2.37. The molecule has 4 nitrogen and oxygen atoms in total. The third-order valence-corrected chi connectivity index (χ3v) is 3.13. The highest BCUT2D eigenvalue weighted by Gasteiger charge is 2.14. The van der Waals surface area contributed by atoms with Crippen LogP contribution in [0.25, 0.3) is 11.1 Å². The van der Waals surface area contributed by atoms with E-state index in [1.807, 2.05) is 6.07 Å². The summed E-state index contributed by atoms with van der Waals surface area (Å²) in [5, 5.41) is 6.67. The molecule has 1 heterocycles. The van der Waals surface area contributed by atoms with Gasteiger partial charge in [0, 0.05) is 15.6 Å². The monoisotopic (exact) mass is 295 g/mol. The van der Waals surface area contributed by atoms with Gasteiger partial charge >= 0.3 is 0 Å². The highest BCUT2D eigenvalue weighted by molar-refractivity contribution is 9.10. The maximum Gasteiger partial charge on any atom is 0.130 e. The van der Waals surface area contributed by atoms with Crippen LogP contribution >= 0.6 is 15.9 Å². The quantitative estimate of drug-likeness (QED) is 0.915. The molecule has 0 radical (unpaired) electrons. The summed E-state index contributed by atoms with van der Waals surface area (Å²) in [7, 11) is 1.67. The number of methoxy groups -OCH3 is 1. The molecule has 1 aromatic carbocycles. The van der Waals surface area contributed by atoms with E-state index in [9.17, 15) is 0 Å². The Bertz CT molecular complexity index is 537. The Kier molecular flexibility index (Phi) is 3.38. The van der Waals surface area contributed by atoms with Gasteiger partial charge in [0.25, 0.3) is 0 Å². The molecule has 0 unspecified atom stereocenters. The number of hydrogen-bond acceptors (Lipinski definition) is 3. The lowest BCUT2D eigenvalue weighted by Gasteiger charge is -2.13. The predicted octanol–water partition coefficient (Wildman–Crippen LogP) is 2.99. The van der Waals surface area contributed by atoms with Crippen LogP contribution in [-0.4, -0.2) is 17.3 Å². The van der Waals surface area contributed by atoms with Crippen molar-refractivity contribution in [2.75, 3.05) is 12.8 Å². The molecule has 0 fully saturated rings. The van der Waals surface area contributed by atoms with E-state index in [1.54, 1.807) is 13.3 Å². The number of hydrogen-bond donors (Lipinski definition) is 2. The molecule has 1 aromatic heterocycles.